The van der Waals surface area contributed by atoms with Gasteiger partial charge in [-0.25, -0.2) is 4.98 Å². The molecule has 134 valence electrons. The van der Waals surface area contributed by atoms with Crippen LogP contribution in [0.4, 0.5) is 5.69 Å². The molecule has 0 saturated carbocycles. The Morgan fingerprint density at radius 1 is 1.27 bits per heavy atom. The maximum Gasteiger partial charge on any atom is 0.237 e. The fourth-order valence-electron chi connectivity index (χ4n) is 2.48. The zero-order valence-corrected chi connectivity index (χ0v) is 16.2. The molecule has 0 spiro atoms. The van der Waals surface area contributed by atoms with Crippen molar-refractivity contribution in [1.29, 1.82) is 0 Å². The van der Waals surface area contributed by atoms with Gasteiger partial charge in [0.15, 0.2) is 5.16 Å². The summed E-state index contributed by atoms with van der Waals surface area (Å²) in [5, 5.41) is 4.07. The Labute approximate surface area is 162 Å². The molecule has 0 aliphatic carbocycles. The Balaban J connectivity index is 1.69. The summed E-state index contributed by atoms with van der Waals surface area (Å²) in [6.45, 7) is 3.98. The predicted molar refractivity (Wildman–Crippen MR) is 108 cm³/mol. The smallest absolute Gasteiger partial charge is 0.237 e. The van der Waals surface area contributed by atoms with Crippen molar-refractivity contribution in [3.8, 4) is 5.69 Å². The molecule has 1 atom stereocenters. The Hall–Kier alpha value is -2.24. The lowest BCUT2D eigenvalue weighted by Crippen LogP contribution is -2.22. The molecule has 0 radical (unpaired) electrons. The number of nitrogens with zero attached hydrogens (tertiary/aromatic N) is 2. The number of carbonyl (C=O) groups excluding carboxylic acids is 1. The van der Waals surface area contributed by atoms with Crippen LogP contribution in [0, 0.1) is 0 Å². The molecule has 6 heteroatoms. The van der Waals surface area contributed by atoms with Gasteiger partial charge in [0, 0.05) is 28.8 Å². The summed E-state index contributed by atoms with van der Waals surface area (Å²) in [5.41, 5.74) is 2.96. The van der Waals surface area contributed by atoms with Crippen LogP contribution in [0.1, 0.15) is 19.4 Å². The van der Waals surface area contributed by atoms with E-state index in [2.05, 4.69) is 17.2 Å². The van der Waals surface area contributed by atoms with Crippen LogP contribution in [0.15, 0.2) is 66.1 Å². The number of amides is 1. The number of aromatic nitrogens is 2. The fourth-order valence-corrected chi connectivity index (χ4v) is 3.55. The monoisotopic (exact) mass is 385 g/mol. The molecule has 0 saturated heterocycles. The van der Waals surface area contributed by atoms with Crippen molar-refractivity contribution in [1.82, 2.24) is 9.55 Å². The van der Waals surface area contributed by atoms with Crippen LogP contribution >= 0.6 is 23.4 Å². The second-order valence-corrected chi connectivity index (χ2v) is 7.60. The number of anilines is 1. The molecule has 1 aromatic heterocycles. The molecule has 0 aliphatic heterocycles. The molecule has 4 nitrogen and oxygen atoms in total. The quantitative estimate of drug-likeness (QED) is 0.592. The van der Waals surface area contributed by atoms with Crippen LogP contribution in [-0.4, -0.2) is 20.7 Å². The third-order valence-corrected chi connectivity index (χ3v) is 5.29. The maximum absolute atomic E-state index is 12.5. The van der Waals surface area contributed by atoms with E-state index in [-0.39, 0.29) is 11.2 Å². The molecule has 0 unspecified atom stereocenters. The topological polar surface area (TPSA) is 46.9 Å². The number of thioether (sulfide) groups is 1. The van der Waals surface area contributed by atoms with Gasteiger partial charge < -0.3 is 5.32 Å². The number of hydrogen-bond acceptors (Lipinski definition) is 3. The lowest BCUT2D eigenvalue weighted by molar-refractivity contribution is -0.115. The summed E-state index contributed by atoms with van der Waals surface area (Å²) in [5.74, 6) is -0.0557. The summed E-state index contributed by atoms with van der Waals surface area (Å²) in [7, 11) is 0. The van der Waals surface area contributed by atoms with Crippen LogP contribution in [0.2, 0.25) is 5.02 Å². The summed E-state index contributed by atoms with van der Waals surface area (Å²) in [6, 6.07) is 15.5. The van der Waals surface area contributed by atoms with E-state index in [1.165, 1.54) is 17.3 Å². The highest BCUT2D eigenvalue weighted by Gasteiger charge is 2.18. The van der Waals surface area contributed by atoms with Gasteiger partial charge in [0.25, 0.3) is 0 Å². The highest BCUT2D eigenvalue weighted by Crippen LogP contribution is 2.26. The van der Waals surface area contributed by atoms with Crippen LogP contribution in [0.5, 0.6) is 0 Å². The van der Waals surface area contributed by atoms with Crippen molar-refractivity contribution in [2.24, 2.45) is 0 Å². The van der Waals surface area contributed by atoms with E-state index in [1.807, 2.05) is 66.2 Å². The van der Waals surface area contributed by atoms with Gasteiger partial charge in [0.2, 0.25) is 5.91 Å². The number of hydrogen-bond donors (Lipinski definition) is 1. The Morgan fingerprint density at radius 3 is 2.73 bits per heavy atom. The Kier molecular flexibility index (Phi) is 6.01. The summed E-state index contributed by atoms with van der Waals surface area (Å²) in [6.07, 6.45) is 4.56. The standard InChI is InChI=1S/C20H20ClN3OS/c1-3-15-7-9-17(10-8-15)23-19(25)14(2)26-20-22-11-12-24(20)18-6-4-5-16(21)13-18/h4-14H,3H2,1-2H3,(H,23,25)/t14-/m0/s1. The summed E-state index contributed by atoms with van der Waals surface area (Å²) in [4.78, 5) is 16.9. The van der Waals surface area contributed by atoms with Gasteiger partial charge in [0.05, 0.1) is 5.25 Å². The molecule has 1 N–H and O–H groups in total. The van der Waals surface area contributed by atoms with Crippen LogP contribution in [0.25, 0.3) is 5.69 Å². The minimum Gasteiger partial charge on any atom is -0.325 e. The maximum atomic E-state index is 12.5. The average molecular weight is 386 g/mol. The number of imidazole rings is 1. The lowest BCUT2D eigenvalue weighted by Gasteiger charge is -2.13. The SMILES string of the molecule is CCc1ccc(NC(=O)[C@H](C)Sc2nccn2-c2cccc(Cl)c2)cc1. The van der Waals surface area contributed by atoms with Crippen molar-refractivity contribution in [3.63, 3.8) is 0 Å². The third-order valence-electron chi connectivity index (χ3n) is 3.97. The van der Waals surface area contributed by atoms with Gasteiger partial charge >= 0.3 is 0 Å². The largest absolute Gasteiger partial charge is 0.325 e. The first-order valence-corrected chi connectivity index (χ1v) is 9.68. The number of halogens is 1. The zero-order chi connectivity index (χ0) is 18.5. The van der Waals surface area contributed by atoms with E-state index in [0.29, 0.717) is 5.02 Å². The number of aryl methyl sites for hydroxylation is 1. The van der Waals surface area contributed by atoms with Crippen molar-refractivity contribution < 1.29 is 4.79 Å². The van der Waals surface area contributed by atoms with Crippen molar-refractivity contribution in [3.05, 3.63) is 71.5 Å². The van der Waals surface area contributed by atoms with Crippen molar-refractivity contribution in [2.45, 2.75) is 30.7 Å². The number of carbonyl (C=O) groups is 1. The second-order valence-electron chi connectivity index (χ2n) is 5.86. The van der Waals surface area contributed by atoms with E-state index < -0.39 is 0 Å². The van der Waals surface area contributed by atoms with Crippen LogP contribution in [-0.2, 0) is 11.2 Å². The minimum absolute atomic E-state index is 0.0557. The summed E-state index contributed by atoms with van der Waals surface area (Å²) >= 11 is 7.49. The van der Waals surface area contributed by atoms with E-state index in [4.69, 9.17) is 11.6 Å². The minimum atomic E-state index is -0.291. The van der Waals surface area contributed by atoms with Gasteiger partial charge in [-0.1, -0.05) is 48.5 Å². The van der Waals surface area contributed by atoms with Gasteiger partial charge in [0.1, 0.15) is 0 Å². The first-order valence-electron chi connectivity index (χ1n) is 8.42. The fraction of sp³-hybridized carbons (Fsp3) is 0.200. The molecule has 26 heavy (non-hydrogen) atoms. The first kappa shape index (κ1) is 18.5. The molecule has 0 bridgehead atoms. The summed E-state index contributed by atoms with van der Waals surface area (Å²) < 4.78 is 1.93. The highest BCUT2D eigenvalue weighted by molar-refractivity contribution is 8.00. The van der Waals surface area contributed by atoms with Gasteiger partial charge in [-0.15, -0.1) is 0 Å². The second kappa shape index (κ2) is 8.43. The lowest BCUT2D eigenvalue weighted by atomic mass is 10.1. The van der Waals surface area contributed by atoms with Crippen molar-refractivity contribution >= 4 is 35.0 Å². The van der Waals surface area contributed by atoms with E-state index >= 15 is 0 Å². The van der Waals surface area contributed by atoms with E-state index in [1.54, 1.807) is 6.20 Å². The van der Waals surface area contributed by atoms with E-state index in [9.17, 15) is 4.79 Å². The molecule has 3 aromatic rings. The number of nitrogens with one attached hydrogen (secondary N) is 1. The van der Waals surface area contributed by atoms with Crippen LogP contribution < -0.4 is 5.32 Å². The number of benzene rings is 2. The Morgan fingerprint density at radius 2 is 2.04 bits per heavy atom. The average Bonchev–Trinajstić information content (AvgIpc) is 3.10. The highest BCUT2D eigenvalue weighted by atomic mass is 35.5. The van der Waals surface area contributed by atoms with Gasteiger partial charge in [-0.2, -0.15) is 0 Å². The van der Waals surface area contributed by atoms with Crippen molar-refractivity contribution in [2.75, 3.05) is 5.32 Å². The Bertz CT molecular complexity index is 892. The predicted octanol–water partition coefficient (Wildman–Crippen LogP) is 5.21. The molecule has 2 aromatic carbocycles. The van der Waals surface area contributed by atoms with Crippen LogP contribution in [0.3, 0.4) is 0 Å². The third kappa shape index (κ3) is 4.48. The molecule has 1 amide bonds. The molecule has 3 rings (SSSR count). The van der Waals surface area contributed by atoms with Gasteiger partial charge in [-0.05, 0) is 49.2 Å². The van der Waals surface area contributed by atoms with Gasteiger partial charge in [-0.3, -0.25) is 9.36 Å². The molecular formula is C20H20ClN3OS. The molecule has 0 aliphatic rings. The normalized spacial score (nSPS) is 12.0. The first-order chi connectivity index (χ1) is 12.6. The molecule has 1 heterocycles. The number of rotatable bonds is 6. The molecule has 0 fully saturated rings. The zero-order valence-electron chi connectivity index (χ0n) is 14.6. The molecular weight excluding hydrogens is 366 g/mol. The van der Waals surface area contributed by atoms with E-state index in [0.717, 1.165) is 23.0 Å².